The van der Waals surface area contributed by atoms with Gasteiger partial charge in [0.05, 0.1) is 6.10 Å². The van der Waals surface area contributed by atoms with E-state index in [0.717, 1.165) is 36.1 Å². The van der Waals surface area contributed by atoms with E-state index in [1.165, 1.54) is 0 Å². The fraction of sp³-hybridized carbons (Fsp3) is 0.500. The van der Waals surface area contributed by atoms with Crippen LogP contribution in [0.15, 0.2) is 22.7 Å². The molecule has 1 heterocycles. The van der Waals surface area contributed by atoms with Gasteiger partial charge in [0.15, 0.2) is 0 Å². The number of hydrogen-bond donors (Lipinski definition) is 2. The Morgan fingerprint density at radius 2 is 2.06 bits per heavy atom. The third-order valence-electron chi connectivity index (χ3n) is 3.08. The molecule has 1 unspecified atom stereocenters. The molecule has 88 valence electrons. The van der Waals surface area contributed by atoms with E-state index in [9.17, 15) is 5.11 Å². The van der Waals surface area contributed by atoms with Gasteiger partial charge in [-0.25, -0.2) is 0 Å². The maximum Gasteiger partial charge on any atom is 0.0839 e. The minimum atomic E-state index is -0.475. The van der Waals surface area contributed by atoms with E-state index in [1.54, 1.807) is 0 Å². The Morgan fingerprint density at radius 1 is 1.38 bits per heavy atom. The average molecular weight is 286 g/mol. The van der Waals surface area contributed by atoms with Crippen molar-refractivity contribution in [2.45, 2.75) is 18.9 Å². The lowest BCUT2D eigenvalue weighted by atomic mass is 9.89. The lowest BCUT2D eigenvalue weighted by Crippen LogP contribution is -2.22. The summed E-state index contributed by atoms with van der Waals surface area (Å²) in [7, 11) is 0. The van der Waals surface area contributed by atoms with Crippen LogP contribution in [0.2, 0.25) is 0 Å². The summed E-state index contributed by atoms with van der Waals surface area (Å²) in [6.45, 7) is 1.47. The largest absolute Gasteiger partial charge is 0.398 e. The molecule has 1 aliphatic rings. The molecule has 3 N–H and O–H groups in total. The molecule has 0 bridgehead atoms. The van der Waals surface area contributed by atoms with E-state index in [1.807, 2.05) is 18.2 Å². The number of benzene rings is 1. The number of ether oxygens (including phenoxy) is 1. The molecular formula is C12H16BrNO2. The number of anilines is 1. The van der Waals surface area contributed by atoms with Crippen LogP contribution in [0, 0.1) is 5.92 Å². The topological polar surface area (TPSA) is 55.5 Å². The Balaban J connectivity index is 2.15. The molecule has 0 amide bonds. The number of nitrogens with two attached hydrogens (primary N) is 1. The van der Waals surface area contributed by atoms with Crippen molar-refractivity contribution in [2.24, 2.45) is 5.92 Å². The van der Waals surface area contributed by atoms with Gasteiger partial charge in [-0.05, 0) is 30.9 Å². The Hall–Kier alpha value is -0.580. The summed E-state index contributed by atoms with van der Waals surface area (Å²) in [4.78, 5) is 0. The fourth-order valence-corrected chi connectivity index (χ4v) is 2.48. The Bertz CT molecular complexity index is 364. The van der Waals surface area contributed by atoms with Crippen molar-refractivity contribution in [1.82, 2.24) is 0 Å². The van der Waals surface area contributed by atoms with E-state index in [2.05, 4.69) is 15.9 Å². The number of hydrogen-bond acceptors (Lipinski definition) is 3. The fourth-order valence-electron chi connectivity index (χ4n) is 2.10. The molecule has 1 saturated heterocycles. The molecule has 4 heteroatoms. The van der Waals surface area contributed by atoms with Gasteiger partial charge in [-0.15, -0.1) is 0 Å². The van der Waals surface area contributed by atoms with Crippen molar-refractivity contribution < 1.29 is 9.84 Å². The Labute approximate surface area is 104 Å². The summed E-state index contributed by atoms with van der Waals surface area (Å²) < 4.78 is 6.22. The molecule has 0 aromatic heterocycles. The molecular weight excluding hydrogens is 270 g/mol. The Morgan fingerprint density at radius 3 is 2.69 bits per heavy atom. The number of rotatable bonds is 2. The first-order chi connectivity index (χ1) is 7.68. The molecule has 0 radical (unpaired) electrons. The van der Waals surface area contributed by atoms with Crippen molar-refractivity contribution in [3.8, 4) is 0 Å². The second kappa shape index (κ2) is 5.17. The highest BCUT2D eigenvalue weighted by Gasteiger charge is 2.24. The minimum absolute atomic E-state index is 0.261. The van der Waals surface area contributed by atoms with Crippen LogP contribution in [0.5, 0.6) is 0 Å². The molecule has 2 rings (SSSR count). The number of halogens is 1. The number of aliphatic hydroxyl groups is 1. The van der Waals surface area contributed by atoms with E-state index >= 15 is 0 Å². The minimum Gasteiger partial charge on any atom is -0.398 e. The highest BCUT2D eigenvalue weighted by molar-refractivity contribution is 9.10. The third kappa shape index (κ3) is 2.56. The molecule has 1 aliphatic heterocycles. The van der Waals surface area contributed by atoms with Gasteiger partial charge < -0.3 is 15.6 Å². The molecule has 1 aromatic rings. The van der Waals surface area contributed by atoms with Crippen LogP contribution in [-0.2, 0) is 4.74 Å². The normalized spacial score (nSPS) is 19.6. The molecule has 1 fully saturated rings. The summed E-state index contributed by atoms with van der Waals surface area (Å²) in [5, 5.41) is 10.3. The molecule has 1 aromatic carbocycles. The van der Waals surface area contributed by atoms with E-state index < -0.39 is 6.10 Å². The second-order valence-electron chi connectivity index (χ2n) is 4.17. The van der Waals surface area contributed by atoms with Crippen LogP contribution in [-0.4, -0.2) is 18.3 Å². The van der Waals surface area contributed by atoms with Crippen molar-refractivity contribution >= 4 is 21.6 Å². The van der Waals surface area contributed by atoms with Crippen molar-refractivity contribution in [3.05, 3.63) is 28.2 Å². The zero-order valence-electron chi connectivity index (χ0n) is 9.03. The monoisotopic (exact) mass is 285 g/mol. The molecule has 0 saturated carbocycles. The van der Waals surface area contributed by atoms with Gasteiger partial charge in [0.1, 0.15) is 0 Å². The molecule has 16 heavy (non-hydrogen) atoms. The lowest BCUT2D eigenvalue weighted by Gasteiger charge is -2.27. The van der Waals surface area contributed by atoms with Gasteiger partial charge in [-0.3, -0.25) is 0 Å². The highest BCUT2D eigenvalue weighted by atomic mass is 79.9. The standard InChI is InChI=1S/C12H16BrNO2/c13-9-1-2-10(11(14)7-9)12(15)8-3-5-16-6-4-8/h1-2,7-8,12,15H,3-6,14H2. The predicted molar refractivity (Wildman–Crippen MR) is 67.1 cm³/mol. The van der Waals surface area contributed by atoms with Crippen LogP contribution in [0.25, 0.3) is 0 Å². The quantitative estimate of drug-likeness (QED) is 0.821. The third-order valence-corrected chi connectivity index (χ3v) is 3.57. The first kappa shape index (κ1) is 11.9. The second-order valence-corrected chi connectivity index (χ2v) is 5.08. The van der Waals surface area contributed by atoms with Crippen molar-refractivity contribution in [3.63, 3.8) is 0 Å². The summed E-state index contributed by atoms with van der Waals surface area (Å²) in [5.41, 5.74) is 7.38. The maximum absolute atomic E-state index is 10.3. The zero-order chi connectivity index (χ0) is 11.5. The SMILES string of the molecule is Nc1cc(Br)ccc1C(O)C1CCOCC1. The van der Waals surface area contributed by atoms with Crippen LogP contribution in [0.4, 0.5) is 5.69 Å². The van der Waals surface area contributed by atoms with Crippen LogP contribution < -0.4 is 5.73 Å². The lowest BCUT2D eigenvalue weighted by molar-refractivity contribution is 0.00745. The smallest absolute Gasteiger partial charge is 0.0839 e. The van der Waals surface area contributed by atoms with Crippen molar-refractivity contribution in [2.75, 3.05) is 18.9 Å². The summed E-state index contributed by atoms with van der Waals surface area (Å²) in [5.74, 6) is 0.261. The first-order valence-electron chi connectivity index (χ1n) is 5.49. The highest BCUT2D eigenvalue weighted by Crippen LogP contribution is 2.33. The summed E-state index contributed by atoms with van der Waals surface area (Å²) >= 11 is 3.36. The van der Waals surface area contributed by atoms with Crippen LogP contribution >= 0.6 is 15.9 Å². The van der Waals surface area contributed by atoms with Crippen molar-refractivity contribution in [1.29, 1.82) is 0 Å². The predicted octanol–water partition coefficient (Wildman–Crippen LogP) is 2.49. The average Bonchev–Trinajstić information content (AvgIpc) is 2.29. The number of nitrogen functional groups attached to an aromatic ring is 1. The maximum atomic E-state index is 10.3. The van der Waals surface area contributed by atoms with E-state index in [-0.39, 0.29) is 5.92 Å². The van der Waals surface area contributed by atoms with Gasteiger partial charge in [0.25, 0.3) is 0 Å². The van der Waals surface area contributed by atoms with Gasteiger partial charge in [0, 0.05) is 28.9 Å². The van der Waals surface area contributed by atoms with Gasteiger partial charge in [-0.1, -0.05) is 22.0 Å². The van der Waals surface area contributed by atoms with E-state index in [0.29, 0.717) is 5.69 Å². The van der Waals surface area contributed by atoms with Gasteiger partial charge >= 0.3 is 0 Å². The van der Waals surface area contributed by atoms with Crippen LogP contribution in [0.1, 0.15) is 24.5 Å². The van der Waals surface area contributed by atoms with Gasteiger partial charge in [0.2, 0.25) is 0 Å². The summed E-state index contributed by atoms with van der Waals surface area (Å²) in [6.07, 6.45) is 1.32. The number of aliphatic hydroxyl groups excluding tert-OH is 1. The zero-order valence-corrected chi connectivity index (χ0v) is 10.6. The summed E-state index contributed by atoms with van der Waals surface area (Å²) in [6, 6.07) is 5.63. The Kier molecular flexibility index (Phi) is 3.84. The van der Waals surface area contributed by atoms with E-state index in [4.69, 9.17) is 10.5 Å². The molecule has 0 aliphatic carbocycles. The molecule has 0 spiro atoms. The molecule has 3 nitrogen and oxygen atoms in total. The first-order valence-corrected chi connectivity index (χ1v) is 6.28. The molecule has 1 atom stereocenters. The van der Waals surface area contributed by atoms with Crippen LogP contribution in [0.3, 0.4) is 0 Å². The van der Waals surface area contributed by atoms with Gasteiger partial charge in [-0.2, -0.15) is 0 Å².